The van der Waals surface area contributed by atoms with Gasteiger partial charge in [0.15, 0.2) is 5.78 Å². The molecular formula is C27H12Br2F8O. The van der Waals surface area contributed by atoms with Gasteiger partial charge in [0.2, 0.25) is 0 Å². The van der Waals surface area contributed by atoms with Crippen LogP contribution in [0.25, 0.3) is 22.3 Å². The number of carbonyl (C=O) groups excluding carboxylic acids is 1. The lowest BCUT2D eigenvalue weighted by Crippen LogP contribution is -2.18. The van der Waals surface area contributed by atoms with Crippen LogP contribution in [-0.2, 0) is 12.4 Å². The highest BCUT2D eigenvalue weighted by Crippen LogP contribution is 2.43. The molecule has 0 radical (unpaired) electrons. The Kier molecular flexibility index (Phi) is 7.55. The minimum atomic E-state index is -5.28. The molecule has 1 nitrogen and oxygen atoms in total. The summed E-state index contributed by atoms with van der Waals surface area (Å²) in [4.78, 5) is 13.0. The van der Waals surface area contributed by atoms with Crippen molar-refractivity contribution in [1.82, 2.24) is 0 Å². The monoisotopic (exact) mass is 662 g/mol. The van der Waals surface area contributed by atoms with Crippen LogP contribution in [0.4, 0.5) is 35.1 Å². The first-order chi connectivity index (χ1) is 17.7. The van der Waals surface area contributed by atoms with E-state index in [0.29, 0.717) is 21.1 Å². The zero-order valence-electron chi connectivity index (χ0n) is 18.6. The number of alkyl halides is 6. The molecule has 0 aromatic heterocycles. The third kappa shape index (κ3) is 5.40. The van der Waals surface area contributed by atoms with Crippen molar-refractivity contribution in [3.05, 3.63) is 116 Å². The van der Waals surface area contributed by atoms with E-state index in [1.54, 1.807) is 0 Å². The van der Waals surface area contributed by atoms with Crippen molar-refractivity contribution in [3.8, 4) is 22.3 Å². The van der Waals surface area contributed by atoms with Crippen LogP contribution < -0.4 is 0 Å². The molecule has 0 aliphatic heterocycles. The Hall–Kier alpha value is -3.05. The summed E-state index contributed by atoms with van der Waals surface area (Å²) in [5.41, 5.74) is -7.32. The Bertz CT molecular complexity index is 1440. The van der Waals surface area contributed by atoms with Gasteiger partial charge < -0.3 is 0 Å². The molecule has 0 aliphatic rings. The zero-order chi connectivity index (χ0) is 28.0. The predicted octanol–water partition coefficient (Wildman–Crippen LogP) is 10.1. The number of hydrogen-bond acceptors (Lipinski definition) is 1. The Balaban J connectivity index is 1.91. The van der Waals surface area contributed by atoms with Crippen LogP contribution >= 0.6 is 31.9 Å². The number of halogens is 10. The third-order valence-electron chi connectivity index (χ3n) is 5.61. The second-order valence-corrected chi connectivity index (χ2v) is 9.88. The quantitative estimate of drug-likeness (QED) is 0.157. The Morgan fingerprint density at radius 2 is 0.947 bits per heavy atom. The van der Waals surface area contributed by atoms with Gasteiger partial charge >= 0.3 is 12.4 Å². The largest absolute Gasteiger partial charge is 0.419 e. The van der Waals surface area contributed by atoms with E-state index in [0.717, 1.165) is 12.1 Å². The minimum Gasteiger partial charge on any atom is -0.288 e. The fourth-order valence-electron chi connectivity index (χ4n) is 4.00. The number of hydrogen-bond donors (Lipinski definition) is 0. The molecule has 0 amide bonds. The van der Waals surface area contributed by atoms with Gasteiger partial charge in [-0.25, -0.2) is 8.78 Å². The van der Waals surface area contributed by atoms with Crippen molar-refractivity contribution in [1.29, 1.82) is 0 Å². The maximum Gasteiger partial charge on any atom is 0.419 e. The topological polar surface area (TPSA) is 17.1 Å². The molecule has 0 bridgehead atoms. The van der Waals surface area contributed by atoms with Crippen molar-refractivity contribution >= 4 is 37.6 Å². The minimum absolute atomic E-state index is 0.0338. The fraction of sp³-hybridized carbons (Fsp3) is 0.0741. The summed E-state index contributed by atoms with van der Waals surface area (Å²) in [7, 11) is 0. The van der Waals surface area contributed by atoms with Gasteiger partial charge in [-0.1, -0.05) is 68.3 Å². The second kappa shape index (κ2) is 10.3. The highest BCUT2D eigenvalue weighted by atomic mass is 79.9. The van der Waals surface area contributed by atoms with Gasteiger partial charge in [-0.05, 0) is 58.7 Å². The molecule has 0 heterocycles. The zero-order valence-corrected chi connectivity index (χ0v) is 21.8. The summed E-state index contributed by atoms with van der Waals surface area (Å²) in [6, 6.07) is 14.1. The molecule has 38 heavy (non-hydrogen) atoms. The second-order valence-electron chi connectivity index (χ2n) is 8.04. The van der Waals surface area contributed by atoms with Crippen LogP contribution in [0.2, 0.25) is 0 Å². The van der Waals surface area contributed by atoms with Gasteiger partial charge in [0, 0.05) is 8.95 Å². The van der Waals surface area contributed by atoms with Gasteiger partial charge in [-0.3, -0.25) is 4.79 Å². The maximum atomic E-state index is 15.3. The van der Waals surface area contributed by atoms with Crippen LogP contribution in [0.15, 0.2) is 81.7 Å². The molecule has 11 heteroatoms. The van der Waals surface area contributed by atoms with Crippen molar-refractivity contribution in [3.63, 3.8) is 0 Å². The lowest BCUT2D eigenvalue weighted by atomic mass is 9.90. The molecule has 4 rings (SSSR count). The third-order valence-corrected chi connectivity index (χ3v) is 6.60. The molecule has 0 spiro atoms. The first-order valence-corrected chi connectivity index (χ1v) is 12.1. The summed E-state index contributed by atoms with van der Waals surface area (Å²) in [6.07, 6.45) is -10.6. The highest BCUT2D eigenvalue weighted by molar-refractivity contribution is 9.10. The van der Waals surface area contributed by atoms with E-state index in [1.165, 1.54) is 48.5 Å². The summed E-state index contributed by atoms with van der Waals surface area (Å²) < 4.78 is 115. The first kappa shape index (κ1) is 28.0. The highest BCUT2D eigenvalue weighted by Gasteiger charge is 2.41. The van der Waals surface area contributed by atoms with Gasteiger partial charge in [-0.15, -0.1) is 0 Å². The van der Waals surface area contributed by atoms with Crippen LogP contribution in [0.1, 0.15) is 27.0 Å². The first-order valence-electron chi connectivity index (χ1n) is 10.6. The lowest BCUT2D eigenvalue weighted by molar-refractivity contribution is -0.140. The molecule has 4 aromatic carbocycles. The van der Waals surface area contributed by atoms with Crippen molar-refractivity contribution in [2.75, 3.05) is 0 Å². The van der Waals surface area contributed by atoms with Gasteiger partial charge in [0.25, 0.3) is 0 Å². The molecule has 0 saturated heterocycles. The maximum absolute atomic E-state index is 15.3. The molecular weight excluding hydrogens is 652 g/mol. The Morgan fingerprint density at radius 3 is 1.26 bits per heavy atom. The number of ketones is 1. The van der Waals surface area contributed by atoms with Crippen LogP contribution in [0, 0.1) is 11.6 Å². The van der Waals surface area contributed by atoms with Crippen molar-refractivity contribution in [2.24, 2.45) is 0 Å². The molecule has 0 aliphatic carbocycles. The van der Waals surface area contributed by atoms with E-state index in [-0.39, 0.29) is 11.1 Å². The van der Waals surface area contributed by atoms with Crippen LogP contribution in [-0.4, -0.2) is 5.78 Å². The fourth-order valence-corrected chi connectivity index (χ4v) is 4.79. The molecule has 0 N–H and O–H groups in total. The summed E-state index contributed by atoms with van der Waals surface area (Å²) in [5.74, 6) is -5.72. The van der Waals surface area contributed by atoms with E-state index in [4.69, 9.17) is 0 Å². The average Bonchev–Trinajstić information content (AvgIpc) is 2.81. The molecule has 0 fully saturated rings. The molecule has 196 valence electrons. The van der Waals surface area contributed by atoms with Crippen LogP contribution in [0.3, 0.4) is 0 Å². The van der Waals surface area contributed by atoms with E-state index in [2.05, 4.69) is 31.9 Å². The van der Waals surface area contributed by atoms with E-state index >= 15 is 8.78 Å². The molecule has 0 unspecified atom stereocenters. The van der Waals surface area contributed by atoms with Gasteiger partial charge in [0.05, 0.1) is 22.3 Å². The van der Waals surface area contributed by atoms with E-state index in [9.17, 15) is 31.1 Å². The van der Waals surface area contributed by atoms with Crippen molar-refractivity contribution in [2.45, 2.75) is 12.4 Å². The van der Waals surface area contributed by atoms with E-state index in [1.807, 2.05) is 0 Å². The number of benzene rings is 4. The summed E-state index contributed by atoms with van der Waals surface area (Å²) >= 11 is 6.23. The Labute approximate surface area is 227 Å². The lowest BCUT2D eigenvalue weighted by Gasteiger charge is -2.18. The predicted molar refractivity (Wildman–Crippen MR) is 133 cm³/mol. The van der Waals surface area contributed by atoms with Crippen molar-refractivity contribution < 1.29 is 39.9 Å². The van der Waals surface area contributed by atoms with Gasteiger partial charge in [0.1, 0.15) is 11.6 Å². The molecule has 0 saturated carbocycles. The summed E-state index contributed by atoms with van der Waals surface area (Å²) in [6.45, 7) is 0. The molecule has 4 aromatic rings. The van der Waals surface area contributed by atoms with Gasteiger partial charge in [-0.2, -0.15) is 26.3 Å². The average molecular weight is 664 g/mol. The van der Waals surface area contributed by atoms with E-state index < -0.39 is 63.2 Å². The normalized spacial score (nSPS) is 12.1. The standard InChI is InChI=1S/C27H12Br2F8O/c28-15-5-1-3-13(11-15)17-7-9-19(23(30)21(17)26(32,33)34)25(38)20-10-8-18(14-4-2-6-16(29)12-14)22(24(20)31)27(35,36)37/h1-12H. The smallest absolute Gasteiger partial charge is 0.288 e. The SMILES string of the molecule is O=C(c1ccc(-c2cccc(Br)c2)c(C(F)(F)F)c1F)c1ccc(-c2cccc(Br)c2)c(C(F)(F)F)c1F. The van der Waals surface area contributed by atoms with Crippen LogP contribution in [0.5, 0.6) is 0 Å². The summed E-state index contributed by atoms with van der Waals surface area (Å²) in [5, 5.41) is 0. The number of carbonyl (C=O) groups is 1. The molecule has 0 atom stereocenters. The Morgan fingerprint density at radius 1 is 0.579 bits per heavy atom. The number of rotatable bonds is 4.